The summed E-state index contributed by atoms with van der Waals surface area (Å²) in [6.07, 6.45) is 3.03. The molecule has 0 aromatic carbocycles. The molecule has 1 aliphatic rings. The second-order valence-electron chi connectivity index (χ2n) is 5.80. The molecule has 5 nitrogen and oxygen atoms in total. The van der Waals surface area contributed by atoms with E-state index in [1.165, 1.54) is 20.8 Å². The molecule has 3 atom stereocenters. The van der Waals surface area contributed by atoms with Gasteiger partial charge >= 0.3 is 0 Å². The smallest absolute Gasteiger partial charge is 0.159 e. The number of allylic oxidation sites excluding steroid dienone is 1. The molecule has 0 radical (unpaired) electrons. The Balaban J connectivity index is 2.69. The Morgan fingerprint density at radius 2 is 2.05 bits per heavy atom. The third-order valence-corrected chi connectivity index (χ3v) is 4.01. The van der Waals surface area contributed by atoms with Gasteiger partial charge < -0.3 is 10.2 Å². The van der Waals surface area contributed by atoms with Crippen molar-refractivity contribution in [1.29, 1.82) is 0 Å². The van der Waals surface area contributed by atoms with Crippen LogP contribution in [0.5, 0.6) is 0 Å². The van der Waals surface area contributed by atoms with E-state index >= 15 is 0 Å². The van der Waals surface area contributed by atoms with Crippen LogP contribution in [-0.2, 0) is 9.59 Å². The van der Waals surface area contributed by atoms with Crippen molar-refractivity contribution in [2.45, 2.75) is 38.7 Å². The van der Waals surface area contributed by atoms with Crippen molar-refractivity contribution in [3.05, 3.63) is 41.4 Å². The quantitative estimate of drug-likeness (QED) is 0.887. The highest BCUT2D eigenvalue weighted by Crippen LogP contribution is 2.46. The first kappa shape index (κ1) is 15.4. The zero-order valence-electron chi connectivity index (χ0n) is 12.3. The zero-order valence-corrected chi connectivity index (χ0v) is 12.3. The lowest BCUT2D eigenvalue weighted by atomic mass is 9.64. The van der Waals surface area contributed by atoms with Crippen molar-refractivity contribution in [2.75, 3.05) is 0 Å². The van der Waals surface area contributed by atoms with E-state index in [1.807, 2.05) is 0 Å². The maximum absolute atomic E-state index is 12.1. The van der Waals surface area contributed by atoms with E-state index in [2.05, 4.69) is 4.98 Å². The minimum Gasteiger partial charge on any atom is -0.512 e. The van der Waals surface area contributed by atoms with Gasteiger partial charge in [0.2, 0.25) is 0 Å². The van der Waals surface area contributed by atoms with Gasteiger partial charge in [0.1, 0.15) is 11.5 Å². The average Bonchev–Trinajstić information content (AvgIpc) is 2.36. The first-order chi connectivity index (χ1) is 9.75. The third-order valence-electron chi connectivity index (χ3n) is 4.01. The predicted molar refractivity (Wildman–Crippen MR) is 76.7 cm³/mol. The fourth-order valence-electron chi connectivity index (χ4n) is 3.26. The van der Waals surface area contributed by atoms with E-state index < -0.39 is 17.4 Å². The standard InChI is InChI=1S/C16H19NO4/c1-9(18)13-12(20)7-16(3,21)15(10(2)19)14(13)11-5-4-6-17-8-11/h4-6,8,14-15,20-21H,7H2,1-3H3. The van der Waals surface area contributed by atoms with E-state index in [1.54, 1.807) is 24.5 Å². The lowest BCUT2D eigenvalue weighted by molar-refractivity contribution is -0.132. The summed E-state index contributed by atoms with van der Waals surface area (Å²) in [5, 5.41) is 20.7. The largest absolute Gasteiger partial charge is 0.512 e. The van der Waals surface area contributed by atoms with Gasteiger partial charge in [0.15, 0.2) is 5.78 Å². The summed E-state index contributed by atoms with van der Waals surface area (Å²) in [6.45, 7) is 4.25. The van der Waals surface area contributed by atoms with Crippen LogP contribution >= 0.6 is 0 Å². The number of hydrogen-bond donors (Lipinski definition) is 2. The fraction of sp³-hybridized carbons (Fsp3) is 0.438. The summed E-state index contributed by atoms with van der Waals surface area (Å²) in [7, 11) is 0. The van der Waals surface area contributed by atoms with Crippen molar-refractivity contribution in [3.63, 3.8) is 0 Å². The Morgan fingerprint density at radius 1 is 1.38 bits per heavy atom. The molecule has 0 amide bonds. The minimum absolute atomic E-state index is 0.108. The number of carbonyl (C=O) groups excluding carboxylic acids is 2. The van der Waals surface area contributed by atoms with Crippen LogP contribution in [0.1, 0.15) is 38.7 Å². The molecule has 0 bridgehead atoms. The second-order valence-corrected chi connectivity index (χ2v) is 5.80. The van der Waals surface area contributed by atoms with Crippen molar-refractivity contribution < 1.29 is 19.8 Å². The van der Waals surface area contributed by atoms with Gasteiger partial charge in [-0.2, -0.15) is 0 Å². The third kappa shape index (κ3) is 2.74. The van der Waals surface area contributed by atoms with Crippen molar-refractivity contribution in [1.82, 2.24) is 4.98 Å². The Morgan fingerprint density at radius 3 is 2.52 bits per heavy atom. The van der Waals surface area contributed by atoms with Gasteiger partial charge in [-0.1, -0.05) is 6.07 Å². The number of hydrogen-bond acceptors (Lipinski definition) is 5. The minimum atomic E-state index is -1.41. The molecule has 21 heavy (non-hydrogen) atoms. The van der Waals surface area contributed by atoms with Gasteiger partial charge in [-0.25, -0.2) is 0 Å². The average molecular weight is 289 g/mol. The molecular weight excluding hydrogens is 270 g/mol. The maximum Gasteiger partial charge on any atom is 0.159 e. The molecule has 5 heteroatoms. The number of aliphatic hydroxyl groups is 2. The molecule has 3 unspecified atom stereocenters. The summed E-state index contributed by atoms with van der Waals surface area (Å²) in [4.78, 5) is 28.0. The van der Waals surface area contributed by atoms with Crippen LogP contribution in [0.4, 0.5) is 0 Å². The molecule has 0 fully saturated rings. The molecule has 0 aliphatic heterocycles. The Labute approximate surface area is 123 Å². The van der Waals surface area contributed by atoms with Crippen LogP contribution in [-0.4, -0.2) is 32.4 Å². The van der Waals surface area contributed by atoms with E-state index in [-0.39, 0.29) is 29.3 Å². The zero-order chi connectivity index (χ0) is 15.8. The second kappa shape index (κ2) is 5.41. The number of ketones is 2. The first-order valence-electron chi connectivity index (χ1n) is 6.81. The molecule has 0 spiro atoms. The number of aliphatic hydroxyl groups excluding tert-OH is 1. The maximum atomic E-state index is 12.1. The lowest BCUT2D eigenvalue weighted by Gasteiger charge is -2.41. The van der Waals surface area contributed by atoms with Crippen LogP contribution in [0.3, 0.4) is 0 Å². The van der Waals surface area contributed by atoms with E-state index in [0.29, 0.717) is 5.56 Å². The number of Topliss-reactive ketones (excluding diaryl/α,β-unsaturated/α-hetero) is 2. The molecule has 2 rings (SSSR count). The Kier molecular flexibility index (Phi) is 3.96. The molecule has 112 valence electrons. The van der Waals surface area contributed by atoms with Crippen LogP contribution in [0, 0.1) is 5.92 Å². The van der Waals surface area contributed by atoms with E-state index in [9.17, 15) is 19.8 Å². The monoisotopic (exact) mass is 289 g/mol. The van der Waals surface area contributed by atoms with Gasteiger partial charge in [-0.3, -0.25) is 14.6 Å². The summed E-state index contributed by atoms with van der Waals surface area (Å²) < 4.78 is 0. The number of carbonyl (C=O) groups is 2. The molecule has 2 N–H and O–H groups in total. The highest BCUT2D eigenvalue weighted by molar-refractivity contribution is 5.97. The fourth-order valence-corrected chi connectivity index (χ4v) is 3.26. The molecule has 0 saturated carbocycles. The van der Waals surface area contributed by atoms with Gasteiger partial charge in [0, 0.05) is 30.3 Å². The number of rotatable bonds is 3. The van der Waals surface area contributed by atoms with Crippen LogP contribution in [0.25, 0.3) is 0 Å². The van der Waals surface area contributed by atoms with E-state index in [4.69, 9.17) is 0 Å². The molecule has 1 aromatic rings. The Bertz CT molecular complexity index is 604. The topological polar surface area (TPSA) is 87.5 Å². The summed E-state index contributed by atoms with van der Waals surface area (Å²) in [6, 6.07) is 3.44. The van der Waals surface area contributed by atoms with Gasteiger partial charge in [-0.05, 0) is 32.4 Å². The van der Waals surface area contributed by atoms with Crippen LogP contribution < -0.4 is 0 Å². The highest BCUT2D eigenvalue weighted by atomic mass is 16.3. The predicted octanol–water partition coefficient (Wildman–Crippen LogP) is 1.93. The number of nitrogens with zero attached hydrogens (tertiary/aromatic N) is 1. The summed E-state index contributed by atoms with van der Waals surface area (Å²) >= 11 is 0. The summed E-state index contributed by atoms with van der Waals surface area (Å²) in [5.74, 6) is -2.16. The van der Waals surface area contributed by atoms with Gasteiger partial charge in [-0.15, -0.1) is 0 Å². The van der Waals surface area contributed by atoms with Gasteiger partial charge in [0.25, 0.3) is 0 Å². The van der Waals surface area contributed by atoms with Crippen LogP contribution in [0.2, 0.25) is 0 Å². The highest BCUT2D eigenvalue weighted by Gasteiger charge is 2.49. The van der Waals surface area contributed by atoms with E-state index in [0.717, 1.165) is 0 Å². The van der Waals surface area contributed by atoms with Crippen molar-refractivity contribution >= 4 is 11.6 Å². The summed E-state index contributed by atoms with van der Waals surface area (Å²) in [5.41, 5.74) is -0.584. The molecule has 0 saturated heterocycles. The molecule has 1 aliphatic carbocycles. The van der Waals surface area contributed by atoms with Crippen LogP contribution in [0.15, 0.2) is 35.9 Å². The van der Waals surface area contributed by atoms with Crippen molar-refractivity contribution in [2.24, 2.45) is 5.92 Å². The molecule has 1 heterocycles. The molecule has 1 aromatic heterocycles. The number of pyridine rings is 1. The molecular formula is C16H19NO4. The SMILES string of the molecule is CC(=O)C1=C(O)CC(C)(O)C(C(C)=O)C1c1cccnc1. The number of aromatic nitrogens is 1. The normalized spacial score (nSPS) is 29.3. The van der Waals surface area contributed by atoms with Crippen molar-refractivity contribution in [3.8, 4) is 0 Å². The Hall–Kier alpha value is -2.01. The first-order valence-corrected chi connectivity index (χ1v) is 6.81. The van der Waals surface area contributed by atoms with Gasteiger partial charge in [0.05, 0.1) is 11.5 Å². The lowest BCUT2D eigenvalue weighted by Crippen LogP contribution is -2.47.